The smallest absolute Gasteiger partial charge is 0.0986 e. The predicted octanol–water partition coefficient (Wildman–Crippen LogP) is 2.12. The van der Waals surface area contributed by atoms with Gasteiger partial charge in [-0.3, -0.25) is 0 Å². The summed E-state index contributed by atoms with van der Waals surface area (Å²) in [6.07, 6.45) is 1.40. The maximum Gasteiger partial charge on any atom is 0.0986 e. The highest BCUT2D eigenvalue weighted by Gasteiger charge is 2.41. The zero-order valence-corrected chi connectivity index (χ0v) is 12.6. The molecule has 1 aromatic rings. The molecule has 1 N–H and O–H groups in total. The van der Waals surface area contributed by atoms with E-state index in [2.05, 4.69) is 23.5 Å². The monoisotopic (exact) mass is 279 g/mol. The Morgan fingerprint density at radius 1 is 1.20 bits per heavy atom. The molecule has 3 unspecified atom stereocenters. The van der Waals surface area contributed by atoms with Gasteiger partial charge in [-0.2, -0.15) is 0 Å². The van der Waals surface area contributed by atoms with E-state index in [1.165, 1.54) is 11.1 Å². The van der Waals surface area contributed by atoms with Crippen molar-refractivity contribution in [3.05, 3.63) is 35.4 Å². The Balaban J connectivity index is 1.87. The first-order chi connectivity index (χ1) is 9.80. The molecule has 4 heteroatoms. The third-order valence-electron chi connectivity index (χ3n) is 3.88. The molecular weight excluding hydrogens is 254 g/mol. The minimum absolute atomic E-state index is 0.157. The van der Waals surface area contributed by atoms with Crippen molar-refractivity contribution in [3.8, 4) is 0 Å². The van der Waals surface area contributed by atoms with Crippen LogP contribution in [0.25, 0.3) is 0 Å². The molecule has 0 bridgehead atoms. The quantitative estimate of drug-likeness (QED) is 0.791. The molecule has 0 radical (unpaired) electrons. The van der Waals surface area contributed by atoms with Crippen molar-refractivity contribution in [1.82, 2.24) is 5.32 Å². The van der Waals surface area contributed by atoms with Gasteiger partial charge in [-0.15, -0.1) is 0 Å². The second-order valence-corrected chi connectivity index (χ2v) is 5.12. The van der Waals surface area contributed by atoms with Crippen LogP contribution in [-0.2, 0) is 27.4 Å². The Hall–Kier alpha value is -0.940. The molecular formula is C16H25NO3. The summed E-state index contributed by atoms with van der Waals surface area (Å²) in [6, 6.07) is 8.73. The van der Waals surface area contributed by atoms with Gasteiger partial charge in [0.2, 0.25) is 0 Å². The van der Waals surface area contributed by atoms with Gasteiger partial charge >= 0.3 is 0 Å². The Morgan fingerprint density at radius 3 is 2.60 bits per heavy atom. The van der Waals surface area contributed by atoms with Crippen molar-refractivity contribution in [1.29, 1.82) is 0 Å². The third kappa shape index (κ3) is 3.58. The summed E-state index contributed by atoms with van der Waals surface area (Å²) < 4.78 is 16.4. The number of nitrogens with one attached hydrogen (secondary N) is 1. The normalized spacial score (nSPS) is 25.4. The van der Waals surface area contributed by atoms with E-state index in [9.17, 15) is 0 Å². The predicted molar refractivity (Wildman–Crippen MR) is 78.6 cm³/mol. The molecule has 0 aliphatic heterocycles. The molecule has 0 saturated heterocycles. The van der Waals surface area contributed by atoms with E-state index in [4.69, 9.17) is 14.2 Å². The summed E-state index contributed by atoms with van der Waals surface area (Å²) in [4.78, 5) is 0. The van der Waals surface area contributed by atoms with E-state index < -0.39 is 0 Å². The molecule has 1 saturated carbocycles. The Bertz CT molecular complexity index is 410. The van der Waals surface area contributed by atoms with Crippen LogP contribution >= 0.6 is 0 Å². The fourth-order valence-corrected chi connectivity index (χ4v) is 2.74. The van der Waals surface area contributed by atoms with Crippen LogP contribution in [0.2, 0.25) is 0 Å². The lowest BCUT2D eigenvalue weighted by Gasteiger charge is -2.43. The van der Waals surface area contributed by atoms with Crippen LogP contribution in [0.1, 0.15) is 24.5 Å². The largest absolute Gasteiger partial charge is 0.380 e. The van der Waals surface area contributed by atoms with Crippen LogP contribution in [-0.4, -0.2) is 39.1 Å². The van der Waals surface area contributed by atoms with Crippen LogP contribution in [0, 0.1) is 0 Å². The topological polar surface area (TPSA) is 39.7 Å². The molecule has 0 spiro atoms. The van der Waals surface area contributed by atoms with Gasteiger partial charge in [0.15, 0.2) is 0 Å². The lowest BCUT2D eigenvalue weighted by Crippen LogP contribution is -2.59. The van der Waals surface area contributed by atoms with Gasteiger partial charge in [-0.05, 0) is 24.5 Å². The Labute approximate surface area is 121 Å². The number of hydrogen-bond donors (Lipinski definition) is 1. The highest BCUT2D eigenvalue weighted by Crippen LogP contribution is 2.27. The van der Waals surface area contributed by atoms with E-state index in [0.29, 0.717) is 12.6 Å². The van der Waals surface area contributed by atoms with Gasteiger partial charge in [0.1, 0.15) is 0 Å². The zero-order valence-electron chi connectivity index (χ0n) is 12.6. The molecule has 4 nitrogen and oxygen atoms in total. The lowest BCUT2D eigenvalue weighted by molar-refractivity contribution is -0.131. The molecule has 2 rings (SSSR count). The molecule has 0 aromatic heterocycles. The van der Waals surface area contributed by atoms with Crippen molar-refractivity contribution in [2.24, 2.45) is 0 Å². The summed E-state index contributed by atoms with van der Waals surface area (Å²) in [7, 11) is 3.48. The molecule has 0 heterocycles. The number of benzene rings is 1. The highest BCUT2D eigenvalue weighted by molar-refractivity contribution is 5.26. The van der Waals surface area contributed by atoms with Gasteiger partial charge in [0, 0.05) is 33.4 Å². The fourth-order valence-electron chi connectivity index (χ4n) is 2.74. The first kappa shape index (κ1) is 15.4. The van der Waals surface area contributed by atoms with E-state index in [1.54, 1.807) is 14.2 Å². The summed E-state index contributed by atoms with van der Waals surface area (Å²) in [5.74, 6) is 0. The van der Waals surface area contributed by atoms with Gasteiger partial charge in [-0.25, -0.2) is 0 Å². The second-order valence-electron chi connectivity index (χ2n) is 5.12. The SMILES string of the molecule is CCOC1CC(NCc2ccccc2COC)C1OC. The summed E-state index contributed by atoms with van der Waals surface area (Å²) in [6.45, 7) is 4.25. The van der Waals surface area contributed by atoms with Crippen LogP contribution < -0.4 is 5.32 Å². The van der Waals surface area contributed by atoms with Gasteiger partial charge in [-0.1, -0.05) is 24.3 Å². The first-order valence-electron chi connectivity index (χ1n) is 7.23. The minimum Gasteiger partial charge on any atom is -0.380 e. The highest BCUT2D eigenvalue weighted by atomic mass is 16.5. The van der Waals surface area contributed by atoms with Gasteiger partial charge in [0.05, 0.1) is 18.8 Å². The van der Waals surface area contributed by atoms with Crippen molar-refractivity contribution in [2.75, 3.05) is 20.8 Å². The maximum absolute atomic E-state index is 5.64. The van der Waals surface area contributed by atoms with Crippen LogP contribution in [0.3, 0.4) is 0 Å². The zero-order chi connectivity index (χ0) is 14.4. The molecule has 1 fully saturated rings. The first-order valence-corrected chi connectivity index (χ1v) is 7.23. The van der Waals surface area contributed by atoms with Crippen LogP contribution in [0.15, 0.2) is 24.3 Å². The van der Waals surface area contributed by atoms with Gasteiger partial charge < -0.3 is 19.5 Å². The molecule has 3 atom stereocenters. The van der Waals surface area contributed by atoms with E-state index in [-0.39, 0.29) is 12.2 Å². The molecule has 112 valence electrons. The van der Waals surface area contributed by atoms with E-state index in [0.717, 1.165) is 19.6 Å². The standard InChI is InChI=1S/C16H25NO3/c1-4-20-15-9-14(16(15)19-3)17-10-12-7-5-6-8-13(12)11-18-2/h5-8,14-17H,4,9-11H2,1-3H3. The summed E-state index contributed by atoms with van der Waals surface area (Å²) in [5.41, 5.74) is 2.52. The lowest BCUT2D eigenvalue weighted by atomic mass is 9.85. The van der Waals surface area contributed by atoms with Crippen LogP contribution in [0.4, 0.5) is 0 Å². The van der Waals surface area contributed by atoms with E-state index >= 15 is 0 Å². The Kier molecular flexibility index (Phi) is 5.98. The number of rotatable bonds is 8. The van der Waals surface area contributed by atoms with Crippen molar-refractivity contribution in [3.63, 3.8) is 0 Å². The summed E-state index contributed by atoms with van der Waals surface area (Å²) in [5, 5.41) is 3.56. The number of hydrogen-bond acceptors (Lipinski definition) is 4. The average molecular weight is 279 g/mol. The minimum atomic E-state index is 0.157. The molecule has 0 amide bonds. The molecule has 1 aliphatic rings. The summed E-state index contributed by atoms with van der Waals surface area (Å²) >= 11 is 0. The van der Waals surface area contributed by atoms with Gasteiger partial charge in [0.25, 0.3) is 0 Å². The van der Waals surface area contributed by atoms with Crippen molar-refractivity contribution >= 4 is 0 Å². The maximum atomic E-state index is 5.64. The molecule has 1 aromatic carbocycles. The fraction of sp³-hybridized carbons (Fsp3) is 0.625. The van der Waals surface area contributed by atoms with Crippen molar-refractivity contribution in [2.45, 2.75) is 44.7 Å². The van der Waals surface area contributed by atoms with Crippen molar-refractivity contribution < 1.29 is 14.2 Å². The Morgan fingerprint density at radius 2 is 1.95 bits per heavy atom. The number of methoxy groups -OCH3 is 2. The molecule has 20 heavy (non-hydrogen) atoms. The number of ether oxygens (including phenoxy) is 3. The third-order valence-corrected chi connectivity index (χ3v) is 3.88. The second kappa shape index (κ2) is 7.74. The average Bonchev–Trinajstić information content (AvgIpc) is 2.44. The molecule has 1 aliphatic carbocycles. The van der Waals surface area contributed by atoms with E-state index in [1.807, 2.05) is 13.0 Å². The van der Waals surface area contributed by atoms with Crippen LogP contribution in [0.5, 0.6) is 0 Å².